The summed E-state index contributed by atoms with van der Waals surface area (Å²) in [5, 5.41) is 3.04. The number of nitrogens with one attached hydrogen (secondary N) is 1. The summed E-state index contributed by atoms with van der Waals surface area (Å²) < 4.78 is 5.49. The van der Waals surface area contributed by atoms with E-state index >= 15 is 0 Å². The molecule has 0 fully saturated rings. The van der Waals surface area contributed by atoms with E-state index in [1.807, 2.05) is 56.3 Å². The summed E-state index contributed by atoms with van der Waals surface area (Å²) in [6.45, 7) is 8.34. The number of amides is 1. The number of carbonyl (C=O) groups is 1. The molecule has 0 spiro atoms. The maximum absolute atomic E-state index is 12.2. The molecule has 132 valence electrons. The quantitative estimate of drug-likeness (QED) is 0.752. The minimum absolute atomic E-state index is 0.0728. The summed E-state index contributed by atoms with van der Waals surface area (Å²) in [6.07, 6.45) is 3.40. The fourth-order valence-corrected chi connectivity index (χ4v) is 2.89. The Bertz CT molecular complexity index is 748. The van der Waals surface area contributed by atoms with Gasteiger partial charge in [-0.2, -0.15) is 0 Å². The highest BCUT2D eigenvalue weighted by Gasteiger charge is 2.16. The molecular weight excluding hydrogens is 310 g/mol. The van der Waals surface area contributed by atoms with Gasteiger partial charge in [0.2, 0.25) is 5.91 Å². The minimum atomic E-state index is -0.0994. The van der Waals surface area contributed by atoms with E-state index in [0.29, 0.717) is 5.92 Å². The summed E-state index contributed by atoms with van der Waals surface area (Å²) in [7, 11) is 1.69. The molecule has 0 heterocycles. The summed E-state index contributed by atoms with van der Waals surface area (Å²) in [5.74, 6) is 1.16. The first-order valence-electron chi connectivity index (χ1n) is 8.64. The van der Waals surface area contributed by atoms with E-state index in [2.05, 4.69) is 25.2 Å². The van der Waals surface area contributed by atoms with Crippen molar-refractivity contribution in [3.63, 3.8) is 0 Å². The molecule has 1 N–H and O–H groups in total. The molecule has 0 aliphatic carbocycles. The van der Waals surface area contributed by atoms with Gasteiger partial charge in [0.25, 0.3) is 0 Å². The van der Waals surface area contributed by atoms with Gasteiger partial charge in [-0.1, -0.05) is 44.2 Å². The Labute approximate surface area is 150 Å². The van der Waals surface area contributed by atoms with E-state index in [4.69, 9.17) is 4.74 Å². The Hall–Kier alpha value is -2.55. The number of methoxy groups -OCH3 is 1. The van der Waals surface area contributed by atoms with Gasteiger partial charge in [-0.3, -0.25) is 4.79 Å². The van der Waals surface area contributed by atoms with E-state index in [9.17, 15) is 4.79 Å². The van der Waals surface area contributed by atoms with Gasteiger partial charge in [-0.05, 0) is 60.2 Å². The number of hydrogen-bond acceptors (Lipinski definition) is 2. The molecule has 0 saturated carbocycles. The van der Waals surface area contributed by atoms with E-state index in [1.54, 1.807) is 13.2 Å². The highest BCUT2D eigenvalue weighted by molar-refractivity contribution is 5.92. The van der Waals surface area contributed by atoms with Crippen LogP contribution in [0.3, 0.4) is 0 Å². The van der Waals surface area contributed by atoms with Crippen LogP contribution in [-0.4, -0.2) is 13.0 Å². The molecule has 0 aliphatic heterocycles. The van der Waals surface area contributed by atoms with Gasteiger partial charge in [-0.25, -0.2) is 0 Å². The maximum atomic E-state index is 12.2. The summed E-state index contributed by atoms with van der Waals surface area (Å²) in [5.41, 5.74) is 4.39. The average Bonchev–Trinajstić information content (AvgIpc) is 2.60. The molecule has 25 heavy (non-hydrogen) atoms. The molecule has 1 amide bonds. The van der Waals surface area contributed by atoms with Crippen molar-refractivity contribution in [1.29, 1.82) is 0 Å². The van der Waals surface area contributed by atoms with Crippen LogP contribution in [0.15, 0.2) is 48.5 Å². The van der Waals surface area contributed by atoms with Crippen LogP contribution >= 0.6 is 0 Å². The second-order valence-electron chi connectivity index (χ2n) is 6.58. The van der Waals surface area contributed by atoms with Crippen LogP contribution in [0.4, 0.5) is 0 Å². The molecule has 2 aromatic rings. The van der Waals surface area contributed by atoms with Crippen LogP contribution in [0.2, 0.25) is 0 Å². The number of carbonyl (C=O) groups excluding carboxylic acids is 1. The zero-order valence-electron chi connectivity index (χ0n) is 15.7. The van der Waals surface area contributed by atoms with Gasteiger partial charge < -0.3 is 10.1 Å². The average molecular weight is 337 g/mol. The number of ether oxygens (including phenoxy) is 1. The second-order valence-corrected chi connectivity index (χ2v) is 6.58. The zero-order chi connectivity index (χ0) is 18.4. The maximum Gasteiger partial charge on any atom is 0.244 e. The molecule has 0 aromatic heterocycles. The number of benzene rings is 2. The highest BCUT2D eigenvalue weighted by Crippen LogP contribution is 2.32. The largest absolute Gasteiger partial charge is 0.496 e. The molecule has 1 unspecified atom stereocenters. The van der Waals surface area contributed by atoms with Gasteiger partial charge in [0.1, 0.15) is 5.75 Å². The highest BCUT2D eigenvalue weighted by atomic mass is 16.5. The van der Waals surface area contributed by atoms with Crippen LogP contribution < -0.4 is 10.1 Å². The Morgan fingerprint density at radius 2 is 1.76 bits per heavy atom. The fourth-order valence-electron chi connectivity index (χ4n) is 2.89. The van der Waals surface area contributed by atoms with Crippen molar-refractivity contribution in [2.75, 3.05) is 7.11 Å². The Balaban J connectivity index is 2.14. The summed E-state index contributed by atoms with van der Waals surface area (Å²) >= 11 is 0. The van der Waals surface area contributed by atoms with Crippen molar-refractivity contribution < 1.29 is 9.53 Å². The van der Waals surface area contributed by atoms with Crippen LogP contribution in [-0.2, 0) is 4.79 Å². The zero-order valence-corrected chi connectivity index (χ0v) is 15.7. The van der Waals surface area contributed by atoms with Crippen LogP contribution in [0.25, 0.3) is 6.08 Å². The molecule has 0 saturated heterocycles. The Morgan fingerprint density at radius 3 is 2.36 bits per heavy atom. The smallest absolute Gasteiger partial charge is 0.244 e. The Morgan fingerprint density at radius 1 is 1.08 bits per heavy atom. The summed E-state index contributed by atoms with van der Waals surface area (Å²) in [6, 6.07) is 13.9. The standard InChI is InChI=1S/C22H27NO2/c1-15(2)19-14-20(16(3)13-21(19)25-5)17(4)23-22(24)12-11-18-9-7-6-8-10-18/h6-15,17H,1-5H3,(H,23,24)/b12-11+. The second kappa shape index (κ2) is 8.52. The van der Waals surface area contributed by atoms with Crippen molar-refractivity contribution >= 4 is 12.0 Å². The molecule has 0 bridgehead atoms. The minimum Gasteiger partial charge on any atom is -0.496 e. The predicted octanol–water partition coefficient (Wildman–Crippen LogP) is 5.02. The van der Waals surface area contributed by atoms with Crippen molar-refractivity contribution in [2.45, 2.75) is 39.7 Å². The van der Waals surface area contributed by atoms with Crippen molar-refractivity contribution in [2.24, 2.45) is 0 Å². The van der Waals surface area contributed by atoms with Crippen LogP contribution in [0.1, 0.15) is 55.0 Å². The lowest BCUT2D eigenvalue weighted by Gasteiger charge is -2.20. The molecule has 2 aromatic carbocycles. The number of aryl methyl sites for hydroxylation is 1. The van der Waals surface area contributed by atoms with Gasteiger partial charge in [0, 0.05) is 6.08 Å². The first kappa shape index (κ1) is 18.8. The third-order valence-corrected chi connectivity index (χ3v) is 4.29. The topological polar surface area (TPSA) is 38.3 Å². The van der Waals surface area contributed by atoms with Crippen molar-refractivity contribution in [3.8, 4) is 5.75 Å². The lowest BCUT2D eigenvalue weighted by atomic mass is 9.93. The molecule has 2 rings (SSSR count). The van der Waals surface area contributed by atoms with E-state index in [-0.39, 0.29) is 11.9 Å². The lowest BCUT2D eigenvalue weighted by Crippen LogP contribution is -2.25. The Kier molecular flexibility index (Phi) is 6.40. The van der Waals surface area contributed by atoms with Crippen LogP contribution in [0.5, 0.6) is 5.75 Å². The lowest BCUT2D eigenvalue weighted by molar-refractivity contribution is -0.117. The third-order valence-electron chi connectivity index (χ3n) is 4.29. The normalized spacial score (nSPS) is 12.4. The van der Waals surface area contributed by atoms with E-state index in [1.165, 1.54) is 0 Å². The first-order valence-corrected chi connectivity index (χ1v) is 8.64. The fraction of sp³-hybridized carbons (Fsp3) is 0.318. The monoisotopic (exact) mass is 337 g/mol. The van der Waals surface area contributed by atoms with Gasteiger partial charge in [0.05, 0.1) is 13.2 Å². The van der Waals surface area contributed by atoms with Gasteiger partial charge in [0.15, 0.2) is 0 Å². The molecular formula is C22H27NO2. The molecule has 3 nitrogen and oxygen atoms in total. The van der Waals surface area contributed by atoms with Crippen LogP contribution in [0, 0.1) is 6.92 Å². The van der Waals surface area contributed by atoms with Gasteiger partial charge >= 0.3 is 0 Å². The molecule has 1 atom stereocenters. The first-order chi connectivity index (χ1) is 11.9. The van der Waals surface area contributed by atoms with Crippen molar-refractivity contribution in [1.82, 2.24) is 5.32 Å². The molecule has 0 aliphatic rings. The van der Waals surface area contributed by atoms with E-state index in [0.717, 1.165) is 28.0 Å². The van der Waals surface area contributed by atoms with Crippen molar-refractivity contribution in [3.05, 3.63) is 70.8 Å². The summed E-state index contributed by atoms with van der Waals surface area (Å²) in [4.78, 5) is 12.2. The van der Waals surface area contributed by atoms with Gasteiger partial charge in [-0.15, -0.1) is 0 Å². The molecule has 0 radical (unpaired) electrons. The third kappa shape index (κ3) is 4.96. The predicted molar refractivity (Wildman–Crippen MR) is 104 cm³/mol. The molecule has 3 heteroatoms. The number of hydrogen-bond donors (Lipinski definition) is 1. The number of rotatable bonds is 6. The SMILES string of the molecule is COc1cc(C)c(C(C)NC(=O)/C=C/c2ccccc2)cc1C(C)C. The van der Waals surface area contributed by atoms with E-state index < -0.39 is 0 Å².